The highest BCUT2D eigenvalue weighted by atomic mass is 79.9. The molecule has 0 spiro atoms. The molecule has 75 heavy (non-hydrogen) atoms. The van der Waals surface area contributed by atoms with E-state index >= 15 is 0 Å². The molecule has 3 N–H and O–H groups in total. The lowest BCUT2D eigenvalue weighted by atomic mass is 9.77. The molecular formula is C50H64BBrCl2N10O10S. The second-order valence-corrected chi connectivity index (χ2v) is 19.2. The summed E-state index contributed by atoms with van der Waals surface area (Å²) in [6.07, 6.45) is 6.76. The summed E-state index contributed by atoms with van der Waals surface area (Å²) in [5.41, 5.74) is 15.5. The third kappa shape index (κ3) is 15.3. The van der Waals surface area contributed by atoms with Crippen molar-refractivity contribution >= 4 is 81.4 Å². The van der Waals surface area contributed by atoms with E-state index in [1.165, 1.54) is 14.2 Å². The van der Waals surface area contributed by atoms with Gasteiger partial charge in [0, 0.05) is 50.8 Å². The third-order valence-electron chi connectivity index (χ3n) is 11.6. The van der Waals surface area contributed by atoms with Gasteiger partial charge in [-0.15, -0.1) is 0 Å². The lowest BCUT2D eigenvalue weighted by Crippen LogP contribution is -2.41. The number of aromatic nitrogens is 8. The molecule has 0 unspecified atom stereocenters. The maximum absolute atomic E-state index is 6.01. The fourth-order valence-electron chi connectivity index (χ4n) is 6.97. The minimum absolute atomic E-state index is 0.326. The topological polar surface area (TPSA) is 253 Å². The second-order valence-electron chi connectivity index (χ2n) is 17.4. The molecule has 0 saturated carbocycles. The Balaban J connectivity index is 0.000000210. The zero-order valence-electron chi connectivity index (χ0n) is 45.4. The summed E-state index contributed by atoms with van der Waals surface area (Å²) >= 11 is 18.5. The van der Waals surface area contributed by atoms with Crippen LogP contribution in [0.5, 0.6) is 17.6 Å². The largest absolute Gasteiger partial charge is 0.500 e. The molecule has 0 radical (unpaired) electrons. The number of hydrogen-bond acceptors (Lipinski definition) is 21. The van der Waals surface area contributed by atoms with E-state index in [0.717, 1.165) is 89.3 Å². The fraction of sp³-hybridized carbons (Fsp3) is 0.400. The first-order valence-corrected chi connectivity index (χ1v) is 25.3. The third-order valence-corrected chi connectivity index (χ3v) is 12.6. The summed E-state index contributed by atoms with van der Waals surface area (Å²) in [6, 6.07) is 5.47. The molecule has 9 rings (SSSR count). The Hall–Kier alpha value is -6.11. The number of nitrogens with one attached hydrogen (secondary N) is 1. The minimum atomic E-state index is -0.378. The molecule has 1 aliphatic rings. The maximum Gasteiger partial charge on any atom is 0.500 e. The maximum atomic E-state index is 6.01. The molecule has 0 aromatic carbocycles. The number of nitrogen functional groups attached to an aromatic ring is 1. The smallest absolute Gasteiger partial charge is 0.480 e. The van der Waals surface area contributed by atoms with Crippen LogP contribution in [-0.2, 0) is 9.31 Å². The first-order chi connectivity index (χ1) is 35.3. The van der Waals surface area contributed by atoms with Crippen LogP contribution >= 0.6 is 51.8 Å². The Morgan fingerprint density at radius 3 is 1.33 bits per heavy atom. The Kier molecular flexibility index (Phi) is 22.2. The van der Waals surface area contributed by atoms with Crippen molar-refractivity contribution < 1.29 is 46.1 Å². The standard InChI is InChI=1S/C16H18N4O3.C11H18BNO3.C11H11ClN2O2.C6H5BrClNO.C5H8N2O.CH4S/c1-8-14(10(3)22-19-8)12-6-13(16(21-5)17-7-12)18-15-9(2)20-23-11(15)4;1-7-9(8(2)14-13-7)12-15-10(3,4)11(5,6)16-12;1-6-10(7(2)16-14-6)8-4-9(12)11(15-3)13-5-8;1-10-6-5(8)2-4(7)3-9-6;1-3-5(6)4(2)8-7-3;1-2/h6-7,18H,1-5H3;1-6H3;4-5H,1-3H3;2-3H,1H3;6H2,1-2H3;2H,1H3. The highest BCUT2D eigenvalue weighted by Gasteiger charge is 2.53. The number of methoxy groups -OCH3 is 3. The van der Waals surface area contributed by atoms with E-state index in [1.54, 1.807) is 51.0 Å². The Labute approximate surface area is 461 Å². The predicted molar refractivity (Wildman–Crippen MR) is 296 cm³/mol. The van der Waals surface area contributed by atoms with Crippen molar-refractivity contribution in [3.05, 3.63) is 109 Å². The van der Waals surface area contributed by atoms with Crippen molar-refractivity contribution in [3.8, 4) is 39.9 Å². The second kappa shape index (κ2) is 27.1. The molecule has 20 nitrogen and oxygen atoms in total. The van der Waals surface area contributed by atoms with Gasteiger partial charge in [-0.2, -0.15) is 12.6 Å². The van der Waals surface area contributed by atoms with E-state index < -0.39 is 0 Å². The van der Waals surface area contributed by atoms with Crippen LogP contribution in [0.15, 0.2) is 63.9 Å². The van der Waals surface area contributed by atoms with Gasteiger partial charge in [-0.25, -0.2) is 15.0 Å². The Morgan fingerprint density at radius 1 is 0.547 bits per heavy atom. The minimum Gasteiger partial charge on any atom is -0.480 e. The summed E-state index contributed by atoms with van der Waals surface area (Å²) in [5, 5.41) is 23.6. The molecule has 9 heterocycles. The van der Waals surface area contributed by atoms with Gasteiger partial charge in [-0.1, -0.05) is 49.0 Å². The normalized spacial score (nSPS) is 12.8. The van der Waals surface area contributed by atoms with Crippen LogP contribution in [0.4, 0.5) is 17.1 Å². The molecule has 1 aliphatic heterocycles. The van der Waals surface area contributed by atoms with Crippen molar-refractivity contribution in [1.29, 1.82) is 0 Å². The fourth-order valence-corrected chi connectivity index (χ4v) is 7.92. The number of ether oxygens (including phenoxy) is 3. The van der Waals surface area contributed by atoms with Crippen molar-refractivity contribution in [3.63, 3.8) is 0 Å². The number of halogens is 3. The number of nitrogens with zero attached hydrogens (tertiary/aromatic N) is 8. The molecule has 1 fully saturated rings. The van der Waals surface area contributed by atoms with Crippen LogP contribution < -0.4 is 30.7 Å². The molecule has 25 heteroatoms. The number of anilines is 3. The van der Waals surface area contributed by atoms with Gasteiger partial charge in [-0.05, 0) is 137 Å². The lowest BCUT2D eigenvalue weighted by molar-refractivity contribution is 0.00578. The summed E-state index contributed by atoms with van der Waals surface area (Å²) in [4.78, 5) is 12.4. The van der Waals surface area contributed by atoms with E-state index in [1.807, 2.05) is 96.1 Å². The molecule has 0 atom stereocenters. The highest BCUT2D eigenvalue weighted by Crippen LogP contribution is 2.38. The van der Waals surface area contributed by atoms with Gasteiger partial charge in [-0.3, -0.25) is 0 Å². The van der Waals surface area contributed by atoms with Gasteiger partial charge >= 0.3 is 7.12 Å². The van der Waals surface area contributed by atoms with Gasteiger partial charge in [0.15, 0.2) is 11.5 Å². The number of nitrogens with two attached hydrogens (primary N) is 1. The summed E-state index contributed by atoms with van der Waals surface area (Å²) in [5.74, 6) is 5.01. The highest BCUT2D eigenvalue weighted by molar-refractivity contribution is 9.10. The van der Waals surface area contributed by atoms with Crippen LogP contribution in [0.25, 0.3) is 22.3 Å². The summed E-state index contributed by atoms with van der Waals surface area (Å²) in [7, 11) is 4.26. The first-order valence-electron chi connectivity index (χ1n) is 22.9. The number of rotatable bonds is 8. The predicted octanol–water partition coefficient (Wildman–Crippen LogP) is 12.2. The zero-order valence-corrected chi connectivity index (χ0v) is 49.4. The van der Waals surface area contributed by atoms with E-state index in [2.05, 4.69) is 74.6 Å². The van der Waals surface area contributed by atoms with Crippen molar-refractivity contribution in [1.82, 2.24) is 40.7 Å². The van der Waals surface area contributed by atoms with Crippen LogP contribution in [0.2, 0.25) is 10.0 Å². The quantitative estimate of drug-likeness (QED) is 0.0944. The average molecular weight is 1160 g/mol. The molecule has 1 saturated heterocycles. The number of thiol groups is 1. The average Bonchev–Trinajstić information content (AvgIpc) is 4.19. The van der Waals surface area contributed by atoms with Gasteiger partial charge < -0.3 is 57.2 Å². The van der Waals surface area contributed by atoms with Crippen molar-refractivity contribution in [2.45, 2.75) is 108 Å². The van der Waals surface area contributed by atoms with E-state index in [-0.39, 0.29) is 18.3 Å². The molecule has 0 aliphatic carbocycles. The van der Waals surface area contributed by atoms with E-state index in [4.69, 9.17) is 75.1 Å². The summed E-state index contributed by atoms with van der Waals surface area (Å²) < 4.78 is 53.3. The van der Waals surface area contributed by atoms with E-state index in [9.17, 15) is 0 Å². The van der Waals surface area contributed by atoms with Crippen LogP contribution in [0, 0.1) is 69.2 Å². The van der Waals surface area contributed by atoms with Crippen molar-refractivity contribution in [2.24, 2.45) is 0 Å². The first kappa shape index (κ1) is 61.4. The van der Waals surface area contributed by atoms with Crippen LogP contribution in [0.3, 0.4) is 0 Å². The molecular weight excluding hydrogens is 1090 g/mol. The Morgan fingerprint density at radius 2 is 0.960 bits per heavy atom. The lowest BCUT2D eigenvalue weighted by Gasteiger charge is -2.32. The molecule has 404 valence electrons. The zero-order chi connectivity index (χ0) is 56.1. The number of aryl methyl sites for hydroxylation is 10. The van der Waals surface area contributed by atoms with Gasteiger partial charge in [0.2, 0.25) is 17.6 Å². The summed E-state index contributed by atoms with van der Waals surface area (Å²) in [6.45, 7) is 26.7. The van der Waals surface area contributed by atoms with Crippen LogP contribution in [-0.4, -0.2) is 86.6 Å². The number of hydrogen-bond donors (Lipinski definition) is 3. The molecule has 0 bridgehead atoms. The van der Waals surface area contributed by atoms with Gasteiger partial charge in [0.25, 0.3) is 0 Å². The van der Waals surface area contributed by atoms with E-state index in [0.29, 0.717) is 44.9 Å². The Bertz CT molecular complexity index is 3030. The molecule has 0 amide bonds. The van der Waals surface area contributed by atoms with Gasteiger partial charge in [0.1, 0.15) is 50.1 Å². The molecule has 8 aromatic rings. The van der Waals surface area contributed by atoms with Crippen molar-refractivity contribution in [2.75, 3.05) is 38.6 Å². The number of pyridine rings is 3. The van der Waals surface area contributed by atoms with Crippen LogP contribution in [0.1, 0.15) is 85.0 Å². The van der Waals surface area contributed by atoms with Gasteiger partial charge in [0.05, 0.1) is 55.3 Å². The SMILES string of the molecule is COc1ncc(-c2c(C)noc2C)cc1Cl.COc1ncc(-c2c(C)noc2C)cc1Nc1c(C)noc1C.COc1ncc(Br)cc1Cl.CS.Cc1noc(C)c1B1OC(C)(C)C(C)(C)O1.Cc1noc(C)c1N. The molecule has 8 aromatic heterocycles. The monoisotopic (exact) mass is 1160 g/mol.